The normalized spacial score (nSPS) is 19.0. The fourth-order valence-electron chi connectivity index (χ4n) is 6.87. The number of para-hydroxylation sites is 1. The molecule has 0 aromatic heterocycles. The van der Waals surface area contributed by atoms with Crippen molar-refractivity contribution >= 4 is 6.09 Å². The maximum Gasteiger partial charge on any atom is 0.410 e. The first-order valence-electron chi connectivity index (χ1n) is 15.7. The Morgan fingerprint density at radius 2 is 1.41 bits per heavy atom. The van der Waals surface area contributed by atoms with Gasteiger partial charge in [0, 0.05) is 62.8 Å². The van der Waals surface area contributed by atoms with Gasteiger partial charge in [-0.3, -0.25) is 9.80 Å². The number of nitrogens with zero attached hydrogens (tertiary/aromatic N) is 3. The van der Waals surface area contributed by atoms with E-state index < -0.39 is 0 Å². The number of fused-ring (bicyclic) bond motifs is 1. The van der Waals surface area contributed by atoms with E-state index in [4.69, 9.17) is 9.47 Å². The van der Waals surface area contributed by atoms with Crippen LogP contribution in [0.1, 0.15) is 39.3 Å². The summed E-state index contributed by atoms with van der Waals surface area (Å²) in [6.45, 7) is 9.26. The lowest BCUT2D eigenvalue weighted by molar-refractivity contribution is -0.0334. The number of rotatable bonds is 8. The summed E-state index contributed by atoms with van der Waals surface area (Å²) >= 11 is 0. The molecular weight excluding hydrogens is 546 g/mol. The van der Waals surface area contributed by atoms with Crippen LogP contribution in [0.4, 0.5) is 4.79 Å². The fourth-order valence-corrected chi connectivity index (χ4v) is 6.87. The number of piperazine rings is 2. The van der Waals surface area contributed by atoms with Crippen LogP contribution in [0.3, 0.4) is 0 Å². The van der Waals surface area contributed by atoms with E-state index >= 15 is 0 Å². The fraction of sp³-hybridized carbons (Fsp3) is 0.342. The summed E-state index contributed by atoms with van der Waals surface area (Å²) in [4.78, 5) is 20.4. The van der Waals surface area contributed by atoms with Gasteiger partial charge in [-0.25, -0.2) is 4.79 Å². The Kier molecular flexibility index (Phi) is 9.29. The average Bonchev–Trinajstić information content (AvgIpc) is 3.06. The van der Waals surface area contributed by atoms with Crippen molar-refractivity contribution < 1.29 is 14.3 Å². The molecule has 6 rings (SSSR count). The monoisotopic (exact) mass is 589 g/mol. The van der Waals surface area contributed by atoms with Crippen LogP contribution in [0, 0.1) is 13.8 Å². The maximum absolute atomic E-state index is 13.3. The zero-order valence-corrected chi connectivity index (χ0v) is 26.1. The molecule has 0 radical (unpaired) electrons. The molecule has 4 aromatic carbocycles. The SMILES string of the molecule is COc1ccccc1CN1C[C@@H]2CN(C(=O)OCc3ccccc3)CCN2[C@H](C(c2ccc(C)cc2)c2ccc(C)cc2)C1. The third-order valence-corrected chi connectivity index (χ3v) is 9.18. The van der Waals surface area contributed by atoms with Gasteiger partial charge in [0.25, 0.3) is 0 Å². The van der Waals surface area contributed by atoms with Crippen molar-refractivity contribution in [1.82, 2.24) is 14.7 Å². The topological polar surface area (TPSA) is 45.3 Å². The van der Waals surface area contributed by atoms with E-state index in [2.05, 4.69) is 84.3 Å². The van der Waals surface area contributed by atoms with E-state index in [0.717, 1.165) is 37.5 Å². The molecule has 2 aliphatic heterocycles. The van der Waals surface area contributed by atoms with Crippen LogP contribution in [0.25, 0.3) is 0 Å². The molecule has 0 N–H and O–H groups in total. The van der Waals surface area contributed by atoms with Crippen molar-refractivity contribution in [2.45, 2.75) is 45.0 Å². The molecule has 4 aromatic rings. The number of amides is 1. The van der Waals surface area contributed by atoms with Gasteiger partial charge < -0.3 is 14.4 Å². The number of ether oxygens (including phenoxy) is 2. The predicted octanol–water partition coefficient (Wildman–Crippen LogP) is 6.65. The Hall–Kier alpha value is -4.13. The van der Waals surface area contributed by atoms with E-state index in [0.29, 0.717) is 13.1 Å². The minimum absolute atomic E-state index is 0.180. The molecule has 2 aliphatic rings. The first-order valence-corrected chi connectivity index (χ1v) is 15.7. The second-order valence-corrected chi connectivity index (χ2v) is 12.3. The molecule has 44 heavy (non-hydrogen) atoms. The molecule has 2 fully saturated rings. The number of benzene rings is 4. The van der Waals surface area contributed by atoms with Crippen LogP contribution in [0.15, 0.2) is 103 Å². The van der Waals surface area contributed by atoms with E-state index in [1.54, 1.807) is 7.11 Å². The summed E-state index contributed by atoms with van der Waals surface area (Å²) in [5.41, 5.74) is 7.36. The molecule has 0 unspecified atom stereocenters. The van der Waals surface area contributed by atoms with Crippen molar-refractivity contribution in [3.8, 4) is 5.75 Å². The van der Waals surface area contributed by atoms with Crippen LogP contribution in [-0.2, 0) is 17.9 Å². The third-order valence-electron chi connectivity index (χ3n) is 9.18. The first-order chi connectivity index (χ1) is 21.5. The molecule has 228 valence electrons. The predicted molar refractivity (Wildman–Crippen MR) is 175 cm³/mol. The van der Waals surface area contributed by atoms with Crippen molar-refractivity contribution in [2.24, 2.45) is 0 Å². The highest BCUT2D eigenvalue weighted by molar-refractivity contribution is 5.68. The van der Waals surface area contributed by atoms with Crippen LogP contribution in [-0.4, -0.2) is 72.7 Å². The molecule has 2 atom stereocenters. The van der Waals surface area contributed by atoms with Gasteiger partial charge in [-0.1, -0.05) is 108 Å². The number of carbonyl (C=O) groups excluding carboxylic acids is 1. The van der Waals surface area contributed by atoms with Gasteiger partial charge in [0.05, 0.1) is 7.11 Å². The Bertz CT molecular complexity index is 1480. The zero-order valence-electron chi connectivity index (χ0n) is 26.1. The van der Waals surface area contributed by atoms with Gasteiger partial charge in [-0.15, -0.1) is 0 Å². The molecule has 6 heteroatoms. The molecule has 2 saturated heterocycles. The lowest BCUT2D eigenvalue weighted by Gasteiger charge is -2.53. The number of carbonyl (C=O) groups is 1. The van der Waals surface area contributed by atoms with Crippen LogP contribution < -0.4 is 4.74 Å². The molecule has 1 amide bonds. The van der Waals surface area contributed by atoms with Crippen molar-refractivity contribution in [3.05, 3.63) is 137 Å². The zero-order chi connectivity index (χ0) is 30.5. The highest BCUT2D eigenvalue weighted by Crippen LogP contribution is 2.37. The highest BCUT2D eigenvalue weighted by atomic mass is 16.6. The minimum atomic E-state index is -0.236. The lowest BCUT2D eigenvalue weighted by Crippen LogP contribution is -2.67. The van der Waals surface area contributed by atoms with Crippen molar-refractivity contribution in [3.63, 3.8) is 0 Å². The van der Waals surface area contributed by atoms with Crippen LogP contribution in [0.2, 0.25) is 0 Å². The second kappa shape index (κ2) is 13.7. The van der Waals surface area contributed by atoms with Gasteiger partial charge in [-0.05, 0) is 36.6 Å². The molecule has 0 bridgehead atoms. The smallest absolute Gasteiger partial charge is 0.410 e. The molecular formula is C38H43N3O3. The Morgan fingerprint density at radius 3 is 2.07 bits per heavy atom. The number of methoxy groups -OCH3 is 1. The van der Waals surface area contributed by atoms with Crippen LogP contribution in [0.5, 0.6) is 5.75 Å². The van der Waals surface area contributed by atoms with E-state index in [-0.39, 0.29) is 30.7 Å². The summed E-state index contributed by atoms with van der Waals surface area (Å²) in [5, 5.41) is 0. The number of aryl methyl sites for hydroxylation is 2. The standard InChI is InChI=1S/C38H43N3O3/c1-28-13-17-31(18-14-28)37(32-19-15-29(2)16-20-32)35-26-39(23-33-11-7-8-12-36(33)43-3)24-34-25-40(21-22-41(34)35)38(42)44-27-30-9-5-4-6-10-30/h4-20,34-35,37H,21-27H2,1-3H3/t34-,35+/m1/s1. The lowest BCUT2D eigenvalue weighted by atomic mass is 9.81. The molecule has 0 saturated carbocycles. The largest absolute Gasteiger partial charge is 0.496 e. The molecule has 2 heterocycles. The minimum Gasteiger partial charge on any atom is -0.496 e. The van der Waals surface area contributed by atoms with Gasteiger partial charge in [-0.2, -0.15) is 0 Å². The molecule has 6 nitrogen and oxygen atoms in total. The summed E-state index contributed by atoms with van der Waals surface area (Å²) < 4.78 is 11.5. The first kappa shape index (κ1) is 29.9. The number of hydrogen-bond donors (Lipinski definition) is 0. The van der Waals surface area contributed by atoms with E-state index in [1.165, 1.54) is 27.8 Å². The third kappa shape index (κ3) is 6.82. The van der Waals surface area contributed by atoms with Gasteiger partial charge in [0.1, 0.15) is 12.4 Å². The quantitative estimate of drug-likeness (QED) is 0.230. The summed E-state index contributed by atoms with van der Waals surface area (Å²) in [7, 11) is 1.74. The van der Waals surface area contributed by atoms with Gasteiger partial charge in [0.15, 0.2) is 0 Å². The van der Waals surface area contributed by atoms with E-state index in [9.17, 15) is 4.79 Å². The highest BCUT2D eigenvalue weighted by Gasteiger charge is 2.43. The Balaban J connectivity index is 1.30. The van der Waals surface area contributed by atoms with Gasteiger partial charge >= 0.3 is 6.09 Å². The van der Waals surface area contributed by atoms with Crippen LogP contribution >= 0.6 is 0 Å². The summed E-state index contributed by atoms with van der Waals surface area (Å²) in [6, 6.07) is 36.7. The Labute approximate surface area is 261 Å². The number of hydrogen-bond acceptors (Lipinski definition) is 5. The van der Waals surface area contributed by atoms with E-state index in [1.807, 2.05) is 47.4 Å². The summed E-state index contributed by atoms with van der Waals surface area (Å²) in [6.07, 6.45) is -0.236. The molecule has 0 aliphatic carbocycles. The second-order valence-electron chi connectivity index (χ2n) is 12.3. The maximum atomic E-state index is 13.3. The van der Waals surface area contributed by atoms with Crippen molar-refractivity contribution in [2.75, 3.05) is 39.8 Å². The van der Waals surface area contributed by atoms with Gasteiger partial charge in [0.2, 0.25) is 0 Å². The average molecular weight is 590 g/mol. The Morgan fingerprint density at radius 1 is 0.773 bits per heavy atom. The molecule has 0 spiro atoms. The van der Waals surface area contributed by atoms with Crippen molar-refractivity contribution in [1.29, 1.82) is 0 Å². The summed E-state index contributed by atoms with van der Waals surface area (Å²) in [5.74, 6) is 1.10.